The number of carbonyl (C=O) groups excluding carboxylic acids is 2. The van der Waals surface area contributed by atoms with Crippen molar-refractivity contribution in [3.8, 4) is 0 Å². The summed E-state index contributed by atoms with van der Waals surface area (Å²) < 4.78 is 11.0. The van der Waals surface area contributed by atoms with Crippen LogP contribution in [0.1, 0.15) is 27.6 Å². The maximum atomic E-state index is 12.7. The van der Waals surface area contributed by atoms with Crippen LogP contribution < -0.4 is 10.2 Å². The number of carbonyl (C=O) groups is 2. The van der Waals surface area contributed by atoms with Crippen LogP contribution in [0.25, 0.3) is 10.2 Å². The number of nitro benzene ring substituents is 1. The fourth-order valence-electron chi connectivity index (χ4n) is 3.37. The van der Waals surface area contributed by atoms with Gasteiger partial charge in [0, 0.05) is 24.7 Å². The van der Waals surface area contributed by atoms with Crippen molar-refractivity contribution in [2.75, 3.05) is 43.1 Å². The minimum atomic E-state index is -0.508. The summed E-state index contributed by atoms with van der Waals surface area (Å²) in [5, 5.41) is 14.6. The smallest absolute Gasteiger partial charge is 0.338 e. The topological polar surface area (TPSA) is 124 Å². The number of benzene rings is 2. The van der Waals surface area contributed by atoms with Gasteiger partial charge >= 0.3 is 5.97 Å². The molecule has 2 aromatic carbocycles. The first-order valence-corrected chi connectivity index (χ1v) is 10.8. The molecule has 1 saturated heterocycles. The van der Waals surface area contributed by atoms with Crippen LogP contribution in [-0.4, -0.2) is 54.7 Å². The number of rotatable bonds is 6. The Labute approximate surface area is 186 Å². The summed E-state index contributed by atoms with van der Waals surface area (Å²) in [6, 6.07) is 9.35. The van der Waals surface area contributed by atoms with Gasteiger partial charge in [0.2, 0.25) is 0 Å². The Hall–Kier alpha value is -3.57. The lowest BCUT2D eigenvalue weighted by Gasteiger charge is -2.28. The molecule has 32 heavy (non-hydrogen) atoms. The molecule has 0 radical (unpaired) electrons. The Morgan fingerprint density at radius 2 is 1.97 bits per heavy atom. The van der Waals surface area contributed by atoms with Crippen molar-refractivity contribution in [1.29, 1.82) is 0 Å². The van der Waals surface area contributed by atoms with Crippen LogP contribution in [0.4, 0.5) is 16.5 Å². The first-order valence-electron chi connectivity index (χ1n) is 9.96. The van der Waals surface area contributed by atoms with E-state index in [-0.39, 0.29) is 17.9 Å². The van der Waals surface area contributed by atoms with E-state index in [1.807, 2.05) is 4.90 Å². The van der Waals surface area contributed by atoms with E-state index in [4.69, 9.17) is 9.47 Å². The Balaban J connectivity index is 1.55. The predicted molar refractivity (Wildman–Crippen MR) is 120 cm³/mol. The van der Waals surface area contributed by atoms with Crippen LogP contribution in [0.3, 0.4) is 0 Å². The zero-order valence-corrected chi connectivity index (χ0v) is 18.0. The van der Waals surface area contributed by atoms with Gasteiger partial charge in [0.1, 0.15) is 5.69 Å². The van der Waals surface area contributed by atoms with Crippen molar-refractivity contribution >= 4 is 49.9 Å². The third kappa shape index (κ3) is 4.53. The molecule has 1 aromatic heterocycles. The molecule has 0 saturated carbocycles. The normalized spacial score (nSPS) is 13.7. The highest BCUT2D eigenvalue weighted by molar-refractivity contribution is 7.22. The van der Waals surface area contributed by atoms with Crippen LogP contribution >= 0.6 is 11.3 Å². The van der Waals surface area contributed by atoms with E-state index in [0.717, 1.165) is 0 Å². The van der Waals surface area contributed by atoms with Gasteiger partial charge in [0.05, 0.1) is 40.5 Å². The molecular weight excluding hydrogens is 436 g/mol. The molecule has 0 spiro atoms. The van der Waals surface area contributed by atoms with E-state index in [9.17, 15) is 19.7 Å². The Morgan fingerprint density at radius 3 is 2.69 bits per heavy atom. The maximum Gasteiger partial charge on any atom is 0.338 e. The van der Waals surface area contributed by atoms with Crippen molar-refractivity contribution in [2.45, 2.75) is 6.92 Å². The molecule has 4 rings (SSSR count). The summed E-state index contributed by atoms with van der Waals surface area (Å²) in [6.07, 6.45) is 0. The number of nitrogens with one attached hydrogen (secondary N) is 1. The zero-order valence-electron chi connectivity index (χ0n) is 17.2. The average molecular weight is 456 g/mol. The van der Waals surface area contributed by atoms with Crippen molar-refractivity contribution in [1.82, 2.24) is 4.98 Å². The van der Waals surface area contributed by atoms with Crippen molar-refractivity contribution in [2.24, 2.45) is 0 Å². The van der Waals surface area contributed by atoms with Crippen LogP contribution in [0.5, 0.6) is 0 Å². The van der Waals surface area contributed by atoms with Crippen LogP contribution in [0.2, 0.25) is 0 Å². The fraction of sp³-hybridized carbons (Fsp3) is 0.286. The highest BCUT2D eigenvalue weighted by atomic mass is 32.1. The molecule has 166 valence electrons. The third-order valence-corrected chi connectivity index (χ3v) is 5.84. The second-order valence-electron chi connectivity index (χ2n) is 6.94. The molecule has 1 fully saturated rings. The number of thiazole rings is 1. The summed E-state index contributed by atoms with van der Waals surface area (Å²) in [6.45, 7) is 4.09. The lowest BCUT2D eigenvalue weighted by atomic mass is 10.1. The number of morpholine rings is 1. The first kappa shape index (κ1) is 21.7. The number of esters is 1. The van der Waals surface area contributed by atoms with Gasteiger partial charge in [-0.15, -0.1) is 0 Å². The molecule has 10 nitrogen and oxygen atoms in total. The fourth-order valence-corrected chi connectivity index (χ4v) is 4.27. The lowest BCUT2D eigenvalue weighted by molar-refractivity contribution is -0.384. The van der Waals surface area contributed by atoms with E-state index < -0.39 is 16.8 Å². The van der Waals surface area contributed by atoms with Crippen molar-refractivity contribution < 1.29 is 24.0 Å². The average Bonchev–Trinajstić information content (AvgIpc) is 3.20. The Bertz CT molecular complexity index is 1190. The SMILES string of the molecule is CCOC(=O)c1ccc2nc(NC(=O)c3ccc(N4CCOCC4)c([N+](=O)[O-])c3)sc2c1. The van der Waals surface area contributed by atoms with Crippen LogP contribution in [-0.2, 0) is 9.47 Å². The molecule has 1 amide bonds. The molecule has 2 heterocycles. The number of anilines is 2. The zero-order chi connectivity index (χ0) is 22.7. The summed E-state index contributed by atoms with van der Waals surface area (Å²) in [5.74, 6) is -0.938. The lowest BCUT2D eigenvalue weighted by Crippen LogP contribution is -2.36. The number of fused-ring (bicyclic) bond motifs is 1. The van der Waals surface area contributed by atoms with Crippen LogP contribution in [0, 0.1) is 10.1 Å². The molecule has 0 aliphatic carbocycles. The summed E-state index contributed by atoms with van der Waals surface area (Å²) in [7, 11) is 0. The standard InChI is InChI=1S/C21H20N4O6S/c1-2-31-20(27)14-3-5-15-18(12-14)32-21(22-15)23-19(26)13-4-6-16(17(11-13)25(28)29)24-7-9-30-10-8-24/h3-6,11-12H,2,7-10H2,1H3,(H,22,23,26). The van der Waals surface area contributed by atoms with E-state index in [1.54, 1.807) is 37.3 Å². The molecular formula is C21H20N4O6S. The van der Waals surface area contributed by atoms with Crippen molar-refractivity contribution in [3.05, 3.63) is 57.6 Å². The van der Waals surface area contributed by atoms with Gasteiger partial charge in [-0.1, -0.05) is 11.3 Å². The molecule has 1 aliphatic heterocycles. The second kappa shape index (κ2) is 9.28. The highest BCUT2D eigenvalue weighted by Crippen LogP contribution is 2.31. The van der Waals surface area contributed by atoms with Gasteiger partial charge < -0.3 is 14.4 Å². The third-order valence-electron chi connectivity index (χ3n) is 4.91. The summed E-state index contributed by atoms with van der Waals surface area (Å²) >= 11 is 1.20. The van der Waals surface area contributed by atoms with Gasteiger partial charge in [0.25, 0.3) is 11.6 Å². The monoisotopic (exact) mass is 456 g/mol. The quantitative estimate of drug-likeness (QED) is 0.340. The number of aromatic nitrogens is 1. The second-order valence-corrected chi connectivity index (χ2v) is 7.97. The Morgan fingerprint density at radius 1 is 1.22 bits per heavy atom. The number of nitrogens with zero attached hydrogens (tertiary/aromatic N) is 3. The van der Waals surface area contributed by atoms with Gasteiger partial charge in [-0.3, -0.25) is 20.2 Å². The van der Waals surface area contributed by atoms with Gasteiger partial charge in [0.15, 0.2) is 5.13 Å². The molecule has 11 heteroatoms. The maximum absolute atomic E-state index is 12.7. The number of hydrogen-bond acceptors (Lipinski definition) is 9. The molecule has 1 aliphatic rings. The Kier molecular flexibility index (Phi) is 6.28. The number of ether oxygens (including phenoxy) is 2. The minimum absolute atomic E-state index is 0.136. The van der Waals surface area contributed by atoms with Gasteiger partial charge in [-0.25, -0.2) is 9.78 Å². The minimum Gasteiger partial charge on any atom is -0.462 e. The van der Waals surface area contributed by atoms with E-state index >= 15 is 0 Å². The van der Waals surface area contributed by atoms with Gasteiger partial charge in [-0.05, 0) is 37.3 Å². The number of hydrogen-bond donors (Lipinski definition) is 1. The number of nitro groups is 1. The van der Waals surface area contributed by atoms with Crippen LogP contribution in [0.15, 0.2) is 36.4 Å². The first-order chi connectivity index (χ1) is 15.5. The molecule has 0 bridgehead atoms. The van der Waals surface area contributed by atoms with Crippen molar-refractivity contribution in [3.63, 3.8) is 0 Å². The van der Waals surface area contributed by atoms with E-state index in [1.165, 1.54) is 17.4 Å². The molecule has 3 aromatic rings. The number of amides is 1. The van der Waals surface area contributed by atoms with E-state index in [0.29, 0.717) is 52.9 Å². The highest BCUT2D eigenvalue weighted by Gasteiger charge is 2.23. The largest absolute Gasteiger partial charge is 0.462 e. The summed E-state index contributed by atoms with van der Waals surface area (Å²) in [5.41, 5.74) is 1.49. The van der Waals surface area contributed by atoms with Gasteiger partial charge in [-0.2, -0.15) is 0 Å². The summed E-state index contributed by atoms with van der Waals surface area (Å²) in [4.78, 5) is 42.0. The van der Waals surface area contributed by atoms with E-state index in [2.05, 4.69) is 10.3 Å². The predicted octanol–water partition coefficient (Wildman–Crippen LogP) is 3.47. The molecule has 0 unspecified atom stereocenters. The molecule has 1 N–H and O–H groups in total. The molecule has 0 atom stereocenters.